The average Bonchev–Trinajstić information content (AvgIpc) is 2.80. The predicted molar refractivity (Wildman–Crippen MR) is 126 cm³/mol. The number of aliphatic hydroxyl groups is 1. The Hall–Kier alpha value is -2.43. The molecule has 1 N–H and O–H groups in total. The molecular weight excluding hydrogens is 388 g/mol. The molecule has 0 saturated carbocycles. The first-order valence-electron chi connectivity index (χ1n) is 11.1. The van der Waals surface area contributed by atoms with Gasteiger partial charge in [0.15, 0.2) is 0 Å². The van der Waals surface area contributed by atoms with E-state index in [0.717, 1.165) is 31.2 Å². The van der Waals surface area contributed by atoms with E-state index in [9.17, 15) is 4.79 Å². The van der Waals surface area contributed by atoms with Gasteiger partial charge in [-0.1, -0.05) is 56.8 Å². The summed E-state index contributed by atoms with van der Waals surface area (Å²) in [5.41, 5.74) is 7.97. The molecule has 0 aromatic heterocycles. The molecule has 4 heteroatoms. The Bertz CT molecular complexity index is 885. The highest BCUT2D eigenvalue weighted by atomic mass is 16.5. The quantitative estimate of drug-likeness (QED) is 0.395. The van der Waals surface area contributed by atoms with Crippen LogP contribution >= 0.6 is 0 Å². The van der Waals surface area contributed by atoms with Crippen LogP contribution in [0.25, 0.3) is 0 Å². The summed E-state index contributed by atoms with van der Waals surface area (Å²) >= 11 is 0. The normalized spacial score (nSPS) is 11.9. The summed E-state index contributed by atoms with van der Waals surface area (Å²) in [4.78, 5) is 11.9. The number of hydrogen-bond acceptors (Lipinski definition) is 4. The summed E-state index contributed by atoms with van der Waals surface area (Å²) < 4.78 is 10.7. The van der Waals surface area contributed by atoms with Crippen molar-refractivity contribution in [1.29, 1.82) is 0 Å². The molecule has 0 aliphatic carbocycles. The zero-order chi connectivity index (χ0) is 22.8. The number of ether oxygens (including phenoxy) is 2. The molecule has 0 saturated heterocycles. The molecule has 1 unspecified atom stereocenters. The predicted octanol–water partition coefficient (Wildman–Crippen LogP) is 4.73. The van der Waals surface area contributed by atoms with E-state index in [1.165, 1.54) is 27.8 Å². The summed E-state index contributed by atoms with van der Waals surface area (Å²) in [6, 6.07) is 13.3. The molecule has 1 atom stereocenters. The standard InChI is InChI=1S/C27H36O4/c1-6-22-14-21(9-8-19(22)3)10-11-24-12-13-25(15-23(24)7-2)26(17-30-5)18-31-27(29)20(4)16-28/h8-9,12-15,26,28H,4,6-7,10-11,16-18H2,1-3,5H3. The second-order valence-corrected chi connectivity index (χ2v) is 8.01. The van der Waals surface area contributed by atoms with E-state index in [0.29, 0.717) is 6.61 Å². The van der Waals surface area contributed by atoms with Gasteiger partial charge in [-0.2, -0.15) is 0 Å². The summed E-state index contributed by atoms with van der Waals surface area (Å²) in [5, 5.41) is 9.04. The zero-order valence-electron chi connectivity index (χ0n) is 19.4. The first-order chi connectivity index (χ1) is 14.9. The molecule has 0 spiro atoms. The van der Waals surface area contributed by atoms with E-state index < -0.39 is 12.6 Å². The van der Waals surface area contributed by atoms with E-state index in [-0.39, 0.29) is 18.1 Å². The van der Waals surface area contributed by atoms with Crippen molar-refractivity contribution in [2.75, 3.05) is 26.9 Å². The van der Waals surface area contributed by atoms with Crippen LogP contribution < -0.4 is 0 Å². The van der Waals surface area contributed by atoms with Gasteiger partial charge < -0.3 is 14.6 Å². The lowest BCUT2D eigenvalue weighted by Gasteiger charge is -2.19. The molecule has 31 heavy (non-hydrogen) atoms. The van der Waals surface area contributed by atoms with Gasteiger partial charge in [-0.15, -0.1) is 0 Å². The second kappa shape index (κ2) is 12.4. The first kappa shape index (κ1) is 24.8. The monoisotopic (exact) mass is 424 g/mol. The van der Waals surface area contributed by atoms with Gasteiger partial charge in [0.25, 0.3) is 0 Å². The molecule has 0 aliphatic rings. The second-order valence-electron chi connectivity index (χ2n) is 8.01. The summed E-state index contributed by atoms with van der Waals surface area (Å²) in [7, 11) is 1.64. The van der Waals surface area contributed by atoms with E-state index in [2.05, 4.69) is 63.7 Å². The Kier molecular flexibility index (Phi) is 9.96. The van der Waals surface area contributed by atoms with Crippen molar-refractivity contribution in [3.63, 3.8) is 0 Å². The maximum atomic E-state index is 11.9. The topological polar surface area (TPSA) is 55.8 Å². The third-order valence-electron chi connectivity index (χ3n) is 5.82. The minimum absolute atomic E-state index is 0.0584. The number of aliphatic hydroxyl groups excluding tert-OH is 1. The molecule has 0 aliphatic heterocycles. The van der Waals surface area contributed by atoms with E-state index in [1.807, 2.05) is 0 Å². The fourth-order valence-corrected chi connectivity index (χ4v) is 3.80. The van der Waals surface area contributed by atoms with Crippen molar-refractivity contribution < 1.29 is 19.4 Å². The third-order valence-corrected chi connectivity index (χ3v) is 5.82. The van der Waals surface area contributed by atoms with Crippen LogP contribution in [0.1, 0.15) is 53.1 Å². The molecule has 2 rings (SSSR count). The smallest absolute Gasteiger partial charge is 0.335 e. The molecule has 2 aromatic rings. The van der Waals surface area contributed by atoms with Crippen molar-refractivity contribution in [2.45, 2.75) is 52.4 Å². The van der Waals surface area contributed by atoms with Crippen molar-refractivity contribution >= 4 is 5.97 Å². The van der Waals surface area contributed by atoms with Crippen LogP contribution in [-0.2, 0) is 40.0 Å². The summed E-state index contributed by atoms with van der Waals surface area (Å²) in [6.45, 7) is 10.3. The number of benzene rings is 2. The minimum atomic E-state index is -0.569. The third kappa shape index (κ3) is 7.05. The van der Waals surface area contributed by atoms with E-state index in [4.69, 9.17) is 14.6 Å². The molecule has 168 valence electrons. The van der Waals surface area contributed by atoms with Gasteiger partial charge in [0.05, 0.1) is 18.8 Å². The van der Waals surface area contributed by atoms with Gasteiger partial charge in [0.1, 0.15) is 6.61 Å². The number of carbonyl (C=O) groups is 1. The van der Waals surface area contributed by atoms with Gasteiger partial charge in [-0.3, -0.25) is 0 Å². The number of esters is 1. The van der Waals surface area contributed by atoms with Crippen LogP contribution in [0.15, 0.2) is 48.6 Å². The van der Waals surface area contributed by atoms with Gasteiger partial charge in [0.2, 0.25) is 0 Å². The fourth-order valence-electron chi connectivity index (χ4n) is 3.80. The largest absolute Gasteiger partial charge is 0.462 e. The maximum absolute atomic E-state index is 11.9. The highest BCUT2D eigenvalue weighted by Crippen LogP contribution is 2.23. The van der Waals surface area contributed by atoms with Gasteiger partial charge in [-0.05, 0) is 66.0 Å². The summed E-state index contributed by atoms with van der Waals surface area (Å²) in [6.07, 6.45) is 4.02. The van der Waals surface area contributed by atoms with Gasteiger partial charge >= 0.3 is 5.97 Å². The molecular formula is C27H36O4. The lowest BCUT2D eigenvalue weighted by atomic mass is 9.91. The average molecular weight is 425 g/mol. The molecule has 2 aromatic carbocycles. The van der Waals surface area contributed by atoms with Crippen LogP contribution in [0.2, 0.25) is 0 Å². The van der Waals surface area contributed by atoms with E-state index in [1.54, 1.807) is 7.11 Å². The van der Waals surface area contributed by atoms with Crippen LogP contribution in [0.4, 0.5) is 0 Å². The molecule has 0 amide bonds. The number of hydrogen-bond donors (Lipinski definition) is 1. The van der Waals surface area contributed by atoms with Crippen molar-refractivity contribution in [2.24, 2.45) is 0 Å². The molecule has 0 fully saturated rings. The SMILES string of the molecule is C=C(CO)C(=O)OCC(COC)c1ccc(CCc2ccc(C)c(CC)c2)c(CC)c1. The Balaban J connectivity index is 2.12. The van der Waals surface area contributed by atoms with Crippen molar-refractivity contribution in [3.05, 3.63) is 81.9 Å². The van der Waals surface area contributed by atoms with Crippen LogP contribution in [0, 0.1) is 6.92 Å². The van der Waals surface area contributed by atoms with Crippen molar-refractivity contribution in [3.8, 4) is 0 Å². The highest BCUT2D eigenvalue weighted by molar-refractivity contribution is 5.87. The van der Waals surface area contributed by atoms with Crippen molar-refractivity contribution in [1.82, 2.24) is 0 Å². The highest BCUT2D eigenvalue weighted by Gasteiger charge is 2.17. The fraction of sp³-hybridized carbons (Fsp3) is 0.444. The summed E-state index contributed by atoms with van der Waals surface area (Å²) in [5.74, 6) is -0.635. The Morgan fingerprint density at radius 3 is 2.39 bits per heavy atom. The van der Waals surface area contributed by atoms with Crippen LogP contribution in [-0.4, -0.2) is 38.0 Å². The van der Waals surface area contributed by atoms with Gasteiger partial charge in [-0.25, -0.2) is 4.79 Å². The van der Waals surface area contributed by atoms with Crippen LogP contribution in [0.3, 0.4) is 0 Å². The molecule has 0 heterocycles. The zero-order valence-corrected chi connectivity index (χ0v) is 19.4. The molecule has 4 nitrogen and oxygen atoms in total. The van der Waals surface area contributed by atoms with E-state index >= 15 is 0 Å². The lowest BCUT2D eigenvalue weighted by Crippen LogP contribution is -2.19. The number of methoxy groups -OCH3 is 1. The molecule has 0 bridgehead atoms. The first-order valence-corrected chi connectivity index (χ1v) is 11.1. The maximum Gasteiger partial charge on any atom is 0.335 e. The number of rotatable bonds is 12. The Labute approximate surface area is 186 Å². The minimum Gasteiger partial charge on any atom is -0.462 e. The number of carbonyl (C=O) groups excluding carboxylic acids is 1. The molecule has 0 radical (unpaired) electrons. The van der Waals surface area contributed by atoms with Gasteiger partial charge in [0, 0.05) is 13.0 Å². The number of aryl methyl sites for hydroxylation is 5. The Morgan fingerprint density at radius 1 is 1.00 bits per heavy atom. The Morgan fingerprint density at radius 2 is 1.74 bits per heavy atom. The van der Waals surface area contributed by atoms with Crippen LogP contribution in [0.5, 0.6) is 0 Å². The lowest BCUT2D eigenvalue weighted by molar-refractivity contribution is -0.140.